The van der Waals surface area contributed by atoms with E-state index in [2.05, 4.69) is 0 Å². The Hall–Kier alpha value is -1.62. The zero-order valence-corrected chi connectivity index (χ0v) is 12.0. The SMILES string of the molecule is N#Cc1cc(N2CC(CS(N)(=O)=O)CC2=O)ccc1Cl. The number of nitrogens with two attached hydrogens (primary N) is 1. The molecule has 0 radical (unpaired) electrons. The molecule has 6 nitrogen and oxygen atoms in total. The second-order valence-corrected chi connectivity index (χ2v) is 6.75. The average molecular weight is 314 g/mol. The fourth-order valence-electron chi connectivity index (χ4n) is 2.24. The first-order chi connectivity index (χ1) is 9.30. The van der Waals surface area contributed by atoms with Crippen LogP contribution in [0.15, 0.2) is 18.2 Å². The van der Waals surface area contributed by atoms with Crippen LogP contribution in [0.5, 0.6) is 0 Å². The normalized spacial score (nSPS) is 19.1. The highest BCUT2D eigenvalue weighted by Gasteiger charge is 2.32. The van der Waals surface area contributed by atoms with E-state index in [-0.39, 0.29) is 36.1 Å². The summed E-state index contributed by atoms with van der Waals surface area (Å²) in [6.45, 7) is 0.266. The molecule has 2 N–H and O–H groups in total. The molecule has 2 rings (SSSR count). The number of carbonyl (C=O) groups excluding carboxylic acids is 1. The smallest absolute Gasteiger partial charge is 0.227 e. The van der Waals surface area contributed by atoms with Crippen LogP contribution in [-0.2, 0) is 14.8 Å². The van der Waals surface area contributed by atoms with Crippen molar-refractivity contribution in [1.29, 1.82) is 5.26 Å². The maximum absolute atomic E-state index is 11.9. The molecular weight excluding hydrogens is 302 g/mol. The van der Waals surface area contributed by atoms with Gasteiger partial charge in [0.15, 0.2) is 0 Å². The summed E-state index contributed by atoms with van der Waals surface area (Å²) < 4.78 is 22.1. The Labute approximate surface area is 121 Å². The Morgan fingerprint density at radius 3 is 2.80 bits per heavy atom. The average Bonchev–Trinajstić information content (AvgIpc) is 2.68. The first-order valence-electron chi connectivity index (χ1n) is 5.80. The molecule has 1 aromatic carbocycles. The zero-order valence-electron chi connectivity index (χ0n) is 10.4. The van der Waals surface area contributed by atoms with Gasteiger partial charge in [-0.15, -0.1) is 0 Å². The molecule has 1 unspecified atom stereocenters. The van der Waals surface area contributed by atoms with Gasteiger partial charge in [-0.1, -0.05) is 11.6 Å². The van der Waals surface area contributed by atoms with E-state index in [1.165, 1.54) is 17.0 Å². The summed E-state index contributed by atoms with van der Waals surface area (Å²) in [5.41, 5.74) is 0.805. The van der Waals surface area contributed by atoms with E-state index < -0.39 is 10.0 Å². The lowest BCUT2D eigenvalue weighted by Gasteiger charge is -2.17. The molecule has 1 heterocycles. The van der Waals surface area contributed by atoms with Crippen LogP contribution in [0.1, 0.15) is 12.0 Å². The minimum atomic E-state index is -3.61. The maximum Gasteiger partial charge on any atom is 0.227 e. The van der Waals surface area contributed by atoms with E-state index in [4.69, 9.17) is 22.0 Å². The first-order valence-corrected chi connectivity index (χ1v) is 7.90. The molecule has 1 aliphatic heterocycles. The third-order valence-electron chi connectivity index (χ3n) is 3.06. The monoisotopic (exact) mass is 313 g/mol. The number of amides is 1. The van der Waals surface area contributed by atoms with E-state index in [0.29, 0.717) is 10.7 Å². The minimum absolute atomic E-state index is 0.126. The molecule has 106 valence electrons. The van der Waals surface area contributed by atoms with E-state index in [1.807, 2.05) is 6.07 Å². The third-order valence-corrected chi connectivity index (χ3v) is 4.32. The first kappa shape index (κ1) is 14.8. The highest BCUT2D eigenvalue weighted by atomic mass is 35.5. The fourth-order valence-corrected chi connectivity index (χ4v) is 3.28. The van der Waals surface area contributed by atoms with Crippen molar-refractivity contribution in [2.45, 2.75) is 6.42 Å². The summed E-state index contributed by atoms with van der Waals surface area (Å²) in [5.74, 6) is -0.753. The largest absolute Gasteiger partial charge is 0.312 e. The number of benzene rings is 1. The molecular formula is C12H12ClN3O3S. The summed E-state index contributed by atoms with van der Waals surface area (Å²) in [5, 5.41) is 14.2. The van der Waals surface area contributed by atoms with Gasteiger partial charge in [0.1, 0.15) is 6.07 Å². The number of carbonyl (C=O) groups is 1. The fraction of sp³-hybridized carbons (Fsp3) is 0.333. The van der Waals surface area contributed by atoms with Crippen LogP contribution in [0.4, 0.5) is 5.69 Å². The lowest BCUT2D eigenvalue weighted by atomic mass is 10.1. The molecule has 8 heteroatoms. The van der Waals surface area contributed by atoms with Crippen molar-refractivity contribution in [3.8, 4) is 6.07 Å². The molecule has 0 aromatic heterocycles. The summed E-state index contributed by atoms with van der Waals surface area (Å²) in [6.07, 6.45) is 0.126. The highest BCUT2D eigenvalue weighted by molar-refractivity contribution is 7.89. The standard InChI is InChI=1S/C12H12ClN3O3S/c13-11-2-1-10(4-9(11)5-14)16-6-8(3-12(16)17)7-20(15,18)19/h1-2,4,8H,3,6-7H2,(H2,15,18,19). The van der Waals surface area contributed by atoms with Crippen molar-refractivity contribution >= 4 is 33.2 Å². The van der Waals surface area contributed by atoms with Gasteiger partial charge in [-0.3, -0.25) is 4.79 Å². The summed E-state index contributed by atoms with van der Waals surface area (Å²) in [7, 11) is -3.61. The Morgan fingerprint density at radius 1 is 1.50 bits per heavy atom. The molecule has 1 atom stereocenters. The quantitative estimate of drug-likeness (QED) is 0.893. The predicted molar refractivity (Wildman–Crippen MR) is 74.6 cm³/mol. The molecule has 1 aromatic rings. The van der Waals surface area contributed by atoms with Gasteiger partial charge in [-0.25, -0.2) is 13.6 Å². The highest BCUT2D eigenvalue weighted by Crippen LogP contribution is 2.28. The second kappa shape index (κ2) is 5.40. The van der Waals surface area contributed by atoms with Crippen LogP contribution in [0, 0.1) is 17.2 Å². The van der Waals surface area contributed by atoms with Crippen molar-refractivity contribution in [3.63, 3.8) is 0 Å². The number of sulfonamides is 1. The third kappa shape index (κ3) is 3.28. The van der Waals surface area contributed by atoms with Gasteiger partial charge >= 0.3 is 0 Å². The van der Waals surface area contributed by atoms with Crippen LogP contribution in [0.25, 0.3) is 0 Å². The van der Waals surface area contributed by atoms with E-state index in [9.17, 15) is 13.2 Å². The zero-order chi connectivity index (χ0) is 14.9. The number of primary sulfonamides is 1. The van der Waals surface area contributed by atoms with Crippen LogP contribution in [0.3, 0.4) is 0 Å². The molecule has 1 aliphatic rings. The molecule has 0 aliphatic carbocycles. The molecule has 1 saturated heterocycles. The molecule has 0 bridgehead atoms. The topological polar surface area (TPSA) is 104 Å². The maximum atomic E-state index is 11.9. The lowest BCUT2D eigenvalue weighted by molar-refractivity contribution is -0.117. The summed E-state index contributed by atoms with van der Waals surface area (Å²) in [6, 6.07) is 6.61. The van der Waals surface area contributed by atoms with Gasteiger partial charge in [-0.05, 0) is 18.2 Å². The Kier molecular flexibility index (Phi) is 3.99. The summed E-state index contributed by atoms with van der Waals surface area (Å²) >= 11 is 5.83. The molecule has 20 heavy (non-hydrogen) atoms. The van der Waals surface area contributed by atoms with Crippen molar-refractivity contribution in [1.82, 2.24) is 0 Å². The number of hydrogen-bond donors (Lipinski definition) is 1. The molecule has 1 fully saturated rings. The van der Waals surface area contributed by atoms with Gasteiger partial charge < -0.3 is 4.90 Å². The molecule has 1 amide bonds. The van der Waals surface area contributed by atoms with Gasteiger partial charge in [0.05, 0.1) is 16.3 Å². The van der Waals surface area contributed by atoms with Crippen molar-refractivity contribution in [3.05, 3.63) is 28.8 Å². The number of halogens is 1. The van der Waals surface area contributed by atoms with E-state index in [1.54, 1.807) is 6.07 Å². The van der Waals surface area contributed by atoms with Crippen LogP contribution >= 0.6 is 11.6 Å². The molecule has 0 spiro atoms. The molecule has 0 saturated carbocycles. The second-order valence-electron chi connectivity index (χ2n) is 4.68. The van der Waals surface area contributed by atoms with E-state index >= 15 is 0 Å². The number of anilines is 1. The Balaban J connectivity index is 2.22. The number of nitrogens with zero attached hydrogens (tertiary/aromatic N) is 2. The summed E-state index contributed by atoms with van der Waals surface area (Å²) in [4.78, 5) is 13.4. The van der Waals surface area contributed by atoms with Crippen LogP contribution in [0.2, 0.25) is 5.02 Å². The number of nitriles is 1. The van der Waals surface area contributed by atoms with Crippen molar-refractivity contribution in [2.75, 3.05) is 17.2 Å². The van der Waals surface area contributed by atoms with Gasteiger partial charge in [-0.2, -0.15) is 5.26 Å². The number of rotatable bonds is 3. The van der Waals surface area contributed by atoms with Gasteiger partial charge in [0.25, 0.3) is 0 Å². The Morgan fingerprint density at radius 2 is 2.20 bits per heavy atom. The van der Waals surface area contributed by atoms with Crippen LogP contribution < -0.4 is 10.0 Å². The minimum Gasteiger partial charge on any atom is -0.312 e. The number of hydrogen-bond acceptors (Lipinski definition) is 4. The van der Waals surface area contributed by atoms with E-state index in [0.717, 1.165) is 0 Å². The lowest BCUT2D eigenvalue weighted by Crippen LogP contribution is -2.27. The van der Waals surface area contributed by atoms with Crippen molar-refractivity contribution in [2.24, 2.45) is 11.1 Å². The van der Waals surface area contributed by atoms with Gasteiger partial charge in [0, 0.05) is 24.6 Å². The Bertz CT molecular complexity index is 696. The van der Waals surface area contributed by atoms with Crippen LogP contribution in [-0.4, -0.2) is 26.6 Å². The van der Waals surface area contributed by atoms with Gasteiger partial charge in [0.2, 0.25) is 15.9 Å². The van der Waals surface area contributed by atoms with Crippen molar-refractivity contribution < 1.29 is 13.2 Å². The predicted octanol–water partition coefficient (Wildman–Crippen LogP) is 0.853.